The van der Waals surface area contributed by atoms with Gasteiger partial charge in [-0.1, -0.05) is 43.7 Å². The van der Waals surface area contributed by atoms with E-state index in [1.807, 2.05) is 38.1 Å². The lowest BCUT2D eigenvalue weighted by Gasteiger charge is -2.21. The molecule has 2 heterocycles. The Hall–Kier alpha value is -2.72. The Kier molecular flexibility index (Phi) is 12.3. The van der Waals surface area contributed by atoms with Gasteiger partial charge in [0.05, 0.1) is 18.0 Å². The van der Waals surface area contributed by atoms with E-state index >= 15 is 0 Å². The van der Waals surface area contributed by atoms with E-state index in [0.717, 1.165) is 45.7 Å². The number of anilines is 2. The third kappa shape index (κ3) is 7.64. The van der Waals surface area contributed by atoms with Crippen LogP contribution < -0.4 is 16.4 Å². The van der Waals surface area contributed by atoms with Crippen LogP contribution in [0.2, 0.25) is 0 Å². The first-order chi connectivity index (χ1) is 16.2. The first-order valence-electron chi connectivity index (χ1n) is 11.2. The lowest BCUT2D eigenvalue weighted by atomic mass is 9.92. The number of halogens is 2. The molecule has 4 N–H and O–H groups in total. The molecular formula is C25H33Cl2N5O3S. The van der Waals surface area contributed by atoms with E-state index < -0.39 is 12.0 Å². The molecule has 0 bridgehead atoms. The van der Waals surface area contributed by atoms with Gasteiger partial charge >= 0.3 is 12.0 Å². The standard InChI is InChI=1S/C25H31N5O3S.2ClH/c1-6-33-23(31)20-13-34-25(28-20)30-24(32)29-22-16(5)27-19(11-14(2)3)18(12-26)21(22)17-9-7-15(4)8-10-17;;/h7-10,13-14H,6,11-12,26H2,1-5H3,(H2,28,29,30,32);2*1H. The number of hydrogen-bond donors (Lipinski definition) is 3. The van der Waals surface area contributed by atoms with Crippen molar-refractivity contribution < 1.29 is 14.3 Å². The number of carbonyl (C=O) groups is 2. The largest absolute Gasteiger partial charge is 0.461 e. The van der Waals surface area contributed by atoms with E-state index in [9.17, 15) is 9.59 Å². The second-order valence-electron chi connectivity index (χ2n) is 8.38. The molecule has 0 aliphatic rings. The number of esters is 1. The SMILES string of the molecule is CCOC(=O)c1csc(NC(=O)Nc2c(C)nc(CC(C)C)c(CN)c2-c2ccc(C)cc2)n1.Cl.Cl. The molecule has 3 aromatic rings. The van der Waals surface area contributed by atoms with Crippen molar-refractivity contribution >= 4 is 59.0 Å². The number of hydrogen-bond acceptors (Lipinski definition) is 7. The molecule has 2 aromatic heterocycles. The second kappa shape index (κ2) is 14.1. The number of aryl methyl sites for hydroxylation is 2. The molecule has 196 valence electrons. The molecule has 11 heteroatoms. The summed E-state index contributed by atoms with van der Waals surface area (Å²) in [6, 6.07) is 7.63. The first-order valence-corrected chi connectivity index (χ1v) is 12.1. The van der Waals surface area contributed by atoms with Gasteiger partial charge in [-0.05, 0) is 44.2 Å². The number of nitrogens with one attached hydrogen (secondary N) is 2. The van der Waals surface area contributed by atoms with Crippen molar-refractivity contribution in [2.24, 2.45) is 11.7 Å². The monoisotopic (exact) mass is 553 g/mol. The molecule has 0 atom stereocenters. The zero-order valence-electron chi connectivity index (χ0n) is 21.0. The highest BCUT2D eigenvalue weighted by molar-refractivity contribution is 7.14. The zero-order chi connectivity index (χ0) is 24.8. The summed E-state index contributed by atoms with van der Waals surface area (Å²) in [5.41, 5.74) is 12.5. The Balaban J connectivity index is 0.00000324. The fraction of sp³-hybridized carbons (Fsp3) is 0.360. The fourth-order valence-corrected chi connectivity index (χ4v) is 4.32. The first kappa shape index (κ1) is 31.3. The summed E-state index contributed by atoms with van der Waals surface area (Å²) < 4.78 is 4.95. The molecule has 3 rings (SSSR count). The molecule has 0 fully saturated rings. The minimum Gasteiger partial charge on any atom is -0.461 e. The summed E-state index contributed by atoms with van der Waals surface area (Å²) in [6.07, 6.45) is 0.786. The second-order valence-corrected chi connectivity index (χ2v) is 9.24. The van der Waals surface area contributed by atoms with Crippen molar-refractivity contribution in [2.45, 2.75) is 47.6 Å². The van der Waals surface area contributed by atoms with Crippen molar-refractivity contribution in [2.75, 3.05) is 17.2 Å². The molecule has 0 saturated heterocycles. The van der Waals surface area contributed by atoms with Crippen LogP contribution >= 0.6 is 36.2 Å². The van der Waals surface area contributed by atoms with Gasteiger partial charge in [0.15, 0.2) is 10.8 Å². The van der Waals surface area contributed by atoms with E-state index in [2.05, 4.69) is 29.5 Å². The minimum atomic E-state index is -0.526. The third-order valence-corrected chi connectivity index (χ3v) is 5.92. The number of pyridine rings is 1. The van der Waals surface area contributed by atoms with Gasteiger partial charge in [0.2, 0.25) is 0 Å². The molecule has 2 amide bonds. The number of aromatic nitrogens is 2. The molecule has 36 heavy (non-hydrogen) atoms. The zero-order valence-corrected chi connectivity index (χ0v) is 23.5. The molecule has 0 unspecified atom stereocenters. The van der Waals surface area contributed by atoms with Gasteiger partial charge in [0, 0.05) is 23.2 Å². The highest BCUT2D eigenvalue weighted by atomic mass is 35.5. The molecule has 0 spiro atoms. The predicted molar refractivity (Wildman–Crippen MR) is 151 cm³/mol. The maximum Gasteiger partial charge on any atom is 0.357 e. The molecule has 8 nitrogen and oxygen atoms in total. The smallest absolute Gasteiger partial charge is 0.357 e. The number of rotatable bonds is 8. The van der Waals surface area contributed by atoms with Crippen LogP contribution in [-0.2, 0) is 17.7 Å². The van der Waals surface area contributed by atoms with E-state index in [1.165, 1.54) is 0 Å². The summed E-state index contributed by atoms with van der Waals surface area (Å²) in [5.74, 6) is -0.120. The van der Waals surface area contributed by atoms with Crippen LogP contribution in [0.15, 0.2) is 29.6 Å². The number of nitrogens with zero attached hydrogens (tertiary/aromatic N) is 2. The van der Waals surface area contributed by atoms with Crippen LogP contribution in [0.1, 0.15) is 53.8 Å². The van der Waals surface area contributed by atoms with Gasteiger partial charge in [-0.2, -0.15) is 0 Å². The molecule has 0 aliphatic carbocycles. The molecule has 1 aromatic carbocycles. The highest BCUT2D eigenvalue weighted by Crippen LogP contribution is 2.36. The maximum atomic E-state index is 12.9. The van der Waals surface area contributed by atoms with Gasteiger partial charge in [-0.3, -0.25) is 10.3 Å². The Morgan fingerprint density at radius 3 is 2.33 bits per heavy atom. The Morgan fingerprint density at radius 2 is 1.75 bits per heavy atom. The van der Waals surface area contributed by atoms with Gasteiger partial charge in [0.1, 0.15) is 0 Å². The fourth-order valence-electron chi connectivity index (χ4n) is 3.64. The summed E-state index contributed by atoms with van der Waals surface area (Å²) in [6.45, 7) is 10.5. The average molecular weight is 555 g/mol. The van der Waals surface area contributed by atoms with Gasteiger partial charge in [-0.15, -0.1) is 36.2 Å². The summed E-state index contributed by atoms with van der Waals surface area (Å²) in [7, 11) is 0. The summed E-state index contributed by atoms with van der Waals surface area (Å²) >= 11 is 1.15. The molecule has 0 saturated carbocycles. The van der Waals surface area contributed by atoms with Crippen LogP contribution in [0.4, 0.5) is 15.6 Å². The molecule has 0 radical (unpaired) electrons. The number of urea groups is 1. The average Bonchev–Trinajstić information content (AvgIpc) is 3.24. The molecular weight excluding hydrogens is 521 g/mol. The third-order valence-electron chi connectivity index (χ3n) is 5.16. The Morgan fingerprint density at radius 1 is 1.08 bits per heavy atom. The van der Waals surface area contributed by atoms with Crippen LogP contribution in [0.5, 0.6) is 0 Å². The van der Waals surface area contributed by atoms with Crippen LogP contribution in [0.25, 0.3) is 11.1 Å². The number of ether oxygens (including phenoxy) is 1. The van der Waals surface area contributed by atoms with Crippen LogP contribution in [0.3, 0.4) is 0 Å². The number of thiazole rings is 1. The number of benzene rings is 1. The van der Waals surface area contributed by atoms with Crippen LogP contribution in [0, 0.1) is 19.8 Å². The molecule has 0 aliphatic heterocycles. The van der Waals surface area contributed by atoms with Gasteiger partial charge in [-0.25, -0.2) is 14.6 Å². The lowest BCUT2D eigenvalue weighted by Crippen LogP contribution is -2.22. The van der Waals surface area contributed by atoms with Crippen molar-refractivity contribution in [1.29, 1.82) is 0 Å². The number of nitrogens with two attached hydrogens (primary N) is 1. The van der Waals surface area contributed by atoms with E-state index in [4.69, 9.17) is 15.5 Å². The van der Waals surface area contributed by atoms with Crippen LogP contribution in [-0.4, -0.2) is 28.6 Å². The predicted octanol–water partition coefficient (Wildman–Crippen LogP) is 6.14. The minimum absolute atomic E-state index is 0. The summed E-state index contributed by atoms with van der Waals surface area (Å²) in [4.78, 5) is 33.7. The van der Waals surface area contributed by atoms with Crippen molar-refractivity contribution in [3.63, 3.8) is 0 Å². The van der Waals surface area contributed by atoms with E-state index in [0.29, 0.717) is 29.0 Å². The maximum absolute atomic E-state index is 12.9. The Labute approximate surface area is 228 Å². The topological polar surface area (TPSA) is 119 Å². The van der Waals surface area contributed by atoms with E-state index in [1.54, 1.807) is 12.3 Å². The van der Waals surface area contributed by atoms with E-state index in [-0.39, 0.29) is 37.1 Å². The number of carbonyl (C=O) groups excluding carboxylic acids is 2. The summed E-state index contributed by atoms with van der Waals surface area (Å²) in [5, 5.41) is 7.48. The van der Waals surface area contributed by atoms with Gasteiger partial charge < -0.3 is 15.8 Å². The normalized spacial score (nSPS) is 10.3. The highest BCUT2D eigenvalue weighted by Gasteiger charge is 2.21. The number of amides is 2. The quantitative estimate of drug-likeness (QED) is 0.288. The Bertz CT molecular complexity index is 1180. The van der Waals surface area contributed by atoms with Gasteiger partial charge in [0.25, 0.3) is 0 Å². The lowest BCUT2D eigenvalue weighted by molar-refractivity contribution is 0.0520. The van der Waals surface area contributed by atoms with Crippen molar-refractivity contribution in [3.8, 4) is 11.1 Å². The van der Waals surface area contributed by atoms with Crippen molar-refractivity contribution in [3.05, 3.63) is 57.9 Å². The van der Waals surface area contributed by atoms with Crippen molar-refractivity contribution in [1.82, 2.24) is 9.97 Å².